The first-order valence-electron chi connectivity index (χ1n) is 7.17. The number of nitrogens with zero attached hydrogens (tertiary/aromatic N) is 2. The maximum absolute atomic E-state index is 7.49. The van der Waals surface area contributed by atoms with Gasteiger partial charge in [0, 0.05) is 36.4 Å². The molecule has 2 aliphatic heterocycles. The summed E-state index contributed by atoms with van der Waals surface area (Å²) >= 11 is 6.23. The highest BCUT2D eigenvalue weighted by molar-refractivity contribution is 6.34. The molecule has 0 radical (unpaired) electrons. The summed E-state index contributed by atoms with van der Waals surface area (Å²) in [5, 5.41) is 8.06. The molecular formula is C15H21ClN4. The van der Waals surface area contributed by atoms with Crippen molar-refractivity contribution < 1.29 is 0 Å². The molecule has 5 heteroatoms. The summed E-state index contributed by atoms with van der Waals surface area (Å²) in [6, 6.07) is 7.21. The average molecular weight is 293 g/mol. The lowest BCUT2D eigenvalue weighted by molar-refractivity contribution is 0.254. The van der Waals surface area contributed by atoms with Crippen LogP contribution in [0.1, 0.15) is 24.8 Å². The molecule has 0 aliphatic carbocycles. The third-order valence-electron chi connectivity index (χ3n) is 4.76. The number of halogens is 1. The van der Waals surface area contributed by atoms with Crippen LogP contribution in [-0.4, -0.2) is 43.0 Å². The van der Waals surface area contributed by atoms with Crippen molar-refractivity contribution in [3.8, 4) is 0 Å². The smallest absolute Gasteiger partial charge is 0.124 e. The Morgan fingerprint density at radius 2 is 2.05 bits per heavy atom. The van der Waals surface area contributed by atoms with E-state index in [0.29, 0.717) is 16.6 Å². The molecule has 2 aliphatic rings. The second-order valence-electron chi connectivity index (χ2n) is 5.86. The third-order valence-corrected chi connectivity index (χ3v) is 5.07. The normalized spacial score (nSPS) is 26.6. The molecule has 1 aromatic rings. The van der Waals surface area contributed by atoms with Gasteiger partial charge >= 0.3 is 0 Å². The van der Waals surface area contributed by atoms with Crippen molar-refractivity contribution in [3.05, 3.63) is 28.8 Å². The number of hydrogen-bond acceptors (Lipinski definition) is 3. The van der Waals surface area contributed by atoms with E-state index in [2.05, 4.69) is 16.8 Å². The summed E-state index contributed by atoms with van der Waals surface area (Å²) in [5.74, 6) is 0.0243. The second-order valence-corrected chi connectivity index (χ2v) is 6.27. The van der Waals surface area contributed by atoms with Gasteiger partial charge in [0.05, 0.1) is 5.02 Å². The Morgan fingerprint density at radius 3 is 2.75 bits per heavy atom. The van der Waals surface area contributed by atoms with Crippen molar-refractivity contribution in [2.24, 2.45) is 5.73 Å². The van der Waals surface area contributed by atoms with Gasteiger partial charge in [0.1, 0.15) is 5.84 Å². The zero-order chi connectivity index (χ0) is 14.3. The van der Waals surface area contributed by atoms with Crippen LogP contribution < -0.4 is 10.6 Å². The minimum absolute atomic E-state index is 0.0243. The molecule has 0 spiro atoms. The Morgan fingerprint density at radius 1 is 1.30 bits per heavy atom. The second kappa shape index (κ2) is 5.26. The number of rotatable bonds is 2. The number of fused-ring (bicyclic) bond motifs is 2. The van der Waals surface area contributed by atoms with E-state index in [0.717, 1.165) is 24.8 Å². The van der Waals surface area contributed by atoms with E-state index in [1.54, 1.807) is 0 Å². The van der Waals surface area contributed by atoms with Crippen LogP contribution >= 0.6 is 11.6 Å². The third kappa shape index (κ3) is 2.38. The zero-order valence-corrected chi connectivity index (χ0v) is 12.5. The van der Waals surface area contributed by atoms with Gasteiger partial charge in [-0.3, -0.25) is 10.3 Å². The number of nitrogen functional groups attached to an aromatic ring is 1. The summed E-state index contributed by atoms with van der Waals surface area (Å²) in [6.45, 7) is 2.13. The number of likely N-dealkylation sites (N-methyl/N-ethyl adjacent to an activating group) is 1. The molecule has 0 amide bonds. The van der Waals surface area contributed by atoms with Crippen LogP contribution in [0.15, 0.2) is 18.2 Å². The molecule has 4 nitrogen and oxygen atoms in total. The summed E-state index contributed by atoms with van der Waals surface area (Å²) in [6.07, 6.45) is 3.83. The van der Waals surface area contributed by atoms with Gasteiger partial charge in [-0.15, -0.1) is 0 Å². The van der Waals surface area contributed by atoms with Crippen LogP contribution in [0.4, 0.5) is 5.69 Å². The molecule has 0 saturated carbocycles. The lowest BCUT2D eigenvalue weighted by Gasteiger charge is -2.28. The number of nitrogens with two attached hydrogens (primary N) is 1. The minimum atomic E-state index is 0.0243. The zero-order valence-electron chi connectivity index (χ0n) is 11.8. The maximum atomic E-state index is 7.49. The fourth-order valence-electron chi connectivity index (χ4n) is 3.46. The Kier molecular flexibility index (Phi) is 3.61. The molecule has 2 fully saturated rings. The first-order chi connectivity index (χ1) is 9.56. The van der Waals surface area contributed by atoms with Crippen molar-refractivity contribution in [1.82, 2.24) is 4.90 Å². The highest BCUT2D eigenvalue weighted by atomic mass is 35.5. The molecule has 1 aromatic carbocycles. The molecule has 108 valence electrons. The molecule has 0 aromatic heterocycles. The molecular weight excluding hydrogens is 272 g/mol. The van der Waals surface area contributed by atoms with Crippen molar-refractivity contribution in [2.45, 2.75) is 31.3 Å². The van der Waals surface area contributed by atoms with Crippen LogP contribution in [0.5, 0.6) is 0 Å². The lowest BCUT2D eigenvalue weighted by atomic mass is 10.1. The van der Waals surface area contributed by atoms with E-state index < -0.39 is 0 Å². The van der Waals surface area contributed by atoms with E-state index in [9.17, 15) is 0 Å². The van der Waals surface area contributed by atoms with Crippen LogP contribution in [0.2, 0.25) is 5.02 Å². The molecule has 2 atom stereocenters. The summed E-state index contributed by atoms with van der Waals surface area (Å²) in [5.41, 5.74) is 7.27. The standard InChI is InChI=1S/C15H21ClN4/c1-19-10-2-3-12(19)9-20(7-6-10)11-4-5-13(15(17)18)14(16)8-11/h4-5,8,10,12H,2-3,6-7,9H2,1H3,(H3,17,18). The maximum Gasteiger partial charge on any atom is 0.124 e. The van der Waals surface area contributed by atoms with Gasteiger partial charge < -0.3 is 10.6 Å². The van der Waals surface area contributed by atoms with E-state index >= 15 is 0 Å². The van der Waals surface area contributed by atoms with Gasteiger partial charge in [-0.2, -0.15) is 0 Å². The highest BCUT2D eigenvalue weighted by Gasteiger charge is 2.34. The highest BCUT2D eigenvalue weighted by Crippen LogP contribution is 2.32. The Bertz CT molecular complexity index is 531. The van der Waals surface area contributed by atoms with Crippen LogP contribution in [0.3, 0.4) is 0 Å². The first kappa shape index (κ1) is 13.7. The molecule has 20 heavy (non-hydrogen) atoms. The topological polar surface area (TPSA) is 56.4 Å². The van der Waals surface area contributed by atoms with Crippen molar-refractivity contribution >= 4 is 23.1 Å². The molecule has 3 N–H and O–H groups in total. The number of anilines is 1. The predicted octanol–water partition coefficient (Wildman–Crippen LogP) is 2.30. The van der Waals surface area contributed by atoms with Crippen molar-refractivity contribution in [3.63, 3.8) is 0 Å². The van der Waals surface area contributed by atoms with E-state index in [1.165, 1.54) is 19.3 Å². The van der Waals surface area contributed by atoms with Gasteiger partial charge in [0.15, 0.2) is 0 Å². The summed E-state index contributed by atoms with van der Waals surface area (Å²) in [7, 11) is 2.25. The Labute approximate surface area is 125 Å². The van der Waals surface area contributed by atoms with Gasteiger partial charge in [-0.05, 0) is 44.5 Å². The number of hydrogen-bond donors (Lipinski definition) is 2. The van der Waals surface area contributed by atoms with Gasteiger partial charge in [0.25, 0.3) is 0 Å². The summed E-state index contributed by atoms with van der Waals surface area (Å²) in [4.78, 5) is 4.95. The van der Waals surface area contributed by atoms with Crippen LogP contribution in [0.25, 0.3) is 0 Å². The molecule has 2 bridgehead atoms. The van der Waals surface area contributed by atoms with Gasteiger partial charge in [-0.1, -0.05) is 11.6 Å². The number of benzene rings is 1. The van der Waals surface area contributed by atoms with E-state index in [1.807, 2.05) is 18.2 Å². The van der Waals surface area contributed by atoms with Crippen molar-refractivity contribution in [1.29, 1.82) is 5.41 Å². The predicted molar refractivity (Wildman–Crippen MR) is 83.9 cm³/mol. The molecule has 3 rings (SSSR count). The molecule has 2 heterocycles. The first-order valence-corrected chi connectivity index (χ1v) is 7.55. The minimum Gasteiger partial charge on any atom is -0.384 e. The monoisotopic (exact) mass is 292 g/mol. The lowest BCUT2D eigenvalue weighted by Crippen LogP contribution is -2.36. The Balaban J connectivity index is 1.83. The number of amidine groups is 1. The number of nitrogens with one attached hydrogen (secondary N) is 1. The van der Waals surface area contributed by atoms with E-state index in [-0.39, 0.29) is 5.84 Å². The van der Waals surface area contributed by atoms with E-state index in [4.69, 9.17) is 22.7 Å². The van der Waals surface area contributed by atoms with Crippen molar-refractivity contribution in [2.75, 3.05) is 25.0 Å². The quantitative estimate of drug-likeness (QED) is 0.649. The fourth-order valence-corrected chi connectivity index (χ4v) is 3.74. The summed E-state index contributed by atoms with van der Waals surface area (Å²) < 4.78 is 0. The average Bonchev–Trinajstić information content (AvgIpc) is 2.62. The SMILES string of the molecule is CN1C2CCC1CN(c1ccc(C(=N)N)c(Cl)c1)CC2. The van der Waals surface area contributed by atoms with Crippen LogP contribution in [-0.2, 0) is 0 Å². The largest absolute Gasteiger partial charge is 0.384 e. The van der Waals surface area contributed by atoms with Gasteiger partial charge in [-0.25, -0.2) is 0 Å². The molecule has 2 saturated heterocycles. The fraction of sp³-hybridized carbons (Fsp3) is 0.533. The van der Waals surface area contributed by atoms with Gasteiger partial charge in [0.2, 0.25) is 0 Å². The van der Waals surface area contributed by atoms with Crippen LogP contribution in [0, 0.1) is 5.41 Å². The molecule has 2 unspecified atom stereocenters. The Hall–Kier alpha value is -1.26.